The van der Waals surface area contributed by atoms with Gasteiger partial charge in [0.05, 0.1) is 19.9 Å². The van der Waals surface area contributed by atoms with Gasteiger partial charge < -0.3 is 29.0 Å². The molecule has 0 saturated carbocycles. The first-order valence-electron chi connectivity index (χ1n) is 12.5. The van der Waals surface area contributed by atoms with Gasteiger partial charge in [-0.3, -0.25) is 0 Å². The van der Waals surface area contributed by atoms with Gasteiger partial charge in [-0.05, 0) is 43.4 Å². The first-order chi connectivity index (χ1) is 18.5. The minimum Gasteiger partial charge on any atom is -0.497 e. The highest BCUT2D eigenvalue weighted by Crippen LogP contribution is 2.36. The minimum atomic E-state index is -0.284. The smallest absolute Gasteiger partial charge is 0.227 e. The lowest BCUT2D eigenvalue weighted by atomic mass is 10.1. The summed E-state index contributed by atoms with van der Waals surface area (Å²) in [6.45, 7) is 5.38. The Balaban J connectivity index is 1.43. The molecule has 4 aromatic rings. The van der Waals surface area contributed by atoms with E-state index >= 15 is 4.39 Å². The number of nitrogens with one attached hydrogen (secondary N) is 1. The highest BCUT2D eigenvalue weighted by Gasteiger charge is 2.21. The van der Waals surface area contributed by atoms with Gasteiger partial charge in [0.1, 0.15) is 28.7 Å². The van der Waals surface area contributed by atoms with Crippen LogP contribution in [0.15, 0.2) is 53.1 Å². The second-order valence-electron chi connectivity index (χ2n) is 9.09. The van der Waals surface area contributed by atoms with E-state index in [4.69, 9.17) is 18.9 Å². The highest BCUT2D eigenvalue weighted by atomic mass is 19.1. The van der Waals surface area contributed by atoms with Crippen LogP contribution in [0, 0.1) is 5.82 Å². The molecule has 38 heavy (non-hydrogen) atoms. The molecular formula is C28H31FN6O3. The normalized spacial score (nSPS) is 14.0. The molecule has 0 radical (unpaired) electrons. The second-order valence-corrected chi connectivity index (χ2v) is 9.09. The Labute approximate surface area is 221 Å². The maximum absolute atomic E-state index is 15.0. The summed E-state index contributed by atoms with van der Waals surface area (Å²) in [6, 6.07) is 12.4. The quantitative estimate of drug-likeness (QED) is 0.346. The molecule has 1 saturated heterocycles. The fourth-order valence-electron chi connectivity index (χ4n) is 4.39. The molecule has 2 aromatic carbocycles. The van der Waals surface area contributed by atoms with Crippen LogP contribution in [0.1, 0.15) is 12.8 Å². The molecular weight excluding hydrogens is 487 g/mol. The molecule has 0 amide bonds. The second kappa shape index (κ2) is 11.1. The van der Waals surface area contributed by atoms with Gasteiger partial charge in [0.2, 0.25) is 5.95 Å². The molecule has 0 spiro atoms. The number of piperazine rings is 1. The predicted octanol–water partition coefficient (Wildman–Crippen LogP) is 5.01. The molecule has 1 N–H and O–H groups in total. The first-order valence-corrected chi connectivity index (χ1v) is 12.5. The standard InChI is InChI=1S/C28H31FN6O3/c1-5-25-33-26(18-14-20(36-3)17-21(15-18)37-4)27(38-25)23-8-9-30-28(32-23)31-19-6-7-24(22(29)16-19)35-12-10-34(2)11-13-35/h6-9,14-17H,5,10-13H2,1-4H3,(H,30,31,32). The predicted molar refractivity (Wildman–Crippen MR) is 145 cm³/mol. The fourth-order valence-corrected chi connectivity index (χ4v) is 4.39. The van der Waals surface area contributed by atoms with E-state index in [0.29, 0.717) is 58.3 Å². The average Bonchev–Trinajstić information content (AvgIpc) is 3.38. The number of hydrogen-bond acceptors (Lipinski definition) is 9. The van der Waals surface area contributed by atoms with Crippen LogP contribution in [0.2, 0.25) is 0 Å². The van der Waals surface area contributed by atoms with Gasteiger partial charge in [0.25, 0.3) is 0 Å². The van der Waals surface area contributed by atoms with Gasteiger partial charge >= 0.3 is 0 Å². The van der Waals surface area contributed by atoms with Crippen molar-refractivity contribution in [1.29, 1.82) is 0 Å². The molecule has 1 aliphatic heterocycles. The molecule has 198 valence electrons. The van der Waals surface area contributed by atoms with E-state index in [2.05, 4.69) is 32.1 Å². The van der Waals surface area contributed by atoms with Gasteiger partial charge in [-0.2, -0.15) is 0 Å². The Morgan fingerprint density at radius 2 is 1.71 bits per heavy atom. The minimum absolute atomic E-state index is 0.284. The lowest BCUT2D eigenvalue weighted by molar-refractivity contribution is 0.311. The number of oxazole rings is 1. The zero-order valence-corrected chi connectivity index (χ0v) is 22.0. The average molecular weight is 519 g/mol. The lowest BCUT2D eigenvalue weighted by Crippen LogP contribution is -2.44. The van der Waals surface area contributed by atoms with Gasteiger partial charge in [-0.1, -0.05) is 6.92 Å². The van der Waals surface area contributed by atoms with Crippen LogP contribution in [-0.2, 0) is 6.42 Å². The molecule has 1 fully saturated rings. The van der Waals surface area contributed by atoms with Crippen molar-refractivity contribution in [2.45, 2.75) is 13.3 Å². The molecule has 3 heterocycles. The van der Waals surface area contributed by atoms with Crippen LogP contribution < -0.4 is 19.7 Å². The van der Waals surface area contributed by atoms with Crippen LogP contribution in [0.3, 0.4) is 0 Å². The van der Waals surface area contributed by atoms with Crippen molar-refractivity contribution in [1.82, 2.24) is 19.9 Å². The number of methoxy groups -OCH3 is 2. The maximum atomic E-state index is 15.0. The van der Waals surface area contributed by atoms with E-state index in [0.717, 1.165) is 31.7 Å². The summed E-state index contributed by atoms with van der Waals surface area (Å²) in [4.78, 5) is 18.0. The van der Waals surface area contributed by atoms with E-state index in [1.54, 1.807) is 38.6 Å². The molecule has 0 aliphatic carbocycles. The van der Waals surface area contributed by atoms with E-state index in [1.165, 1.54) is 6.07 Å². The molecule has 10 heteroatoms. The number of hydrogen-bond donors (Lipinski definition) is 1. The fraction of sp³-hybridized carbons (Fsp3) is 0.321. The van der Waals surface area contributed by atoms with Gasteiger partial charge in [0, 0.05) is 56.1 Å². The van der Waals surface area contributed by atoms with Gasteiger partial charge in [0.15, 0.2) is 11.7 Å². The summed E-state index contributed by atoms with van der Waals surface area (Å²) in [7, 11) is 5.28. The van der Waals surface area contributed by atoms with E-state index in [1.807, 2.05) is 25.1 Å². The number of halogens is 1. The molecule has 0 atom stereocenters. The number of aryl methyl sites for hydroxylation is 1. The number of ether oxygens (including phenoxy) is 2. The summed E-state index contributed by atoms with van der Waals surface area (Å²) >= 11 is 0. The Morgan fingerprint density at radius 1 is 0.974 bits per heavy atom. The summed E-state index contributed by atoms with van der Waals surface area (Å²) in [5, 5.41) is 3.12. The van der Waals surface area contributed by atoms with Gasteiger partial charge in [-0.15, -0.1) is 0 Å². The zero-order chi connectivity index (χ0) is 26.6. The third kappa shape index (κ3) is 5.40. The Bertz CT molecular complexity index is 1400. The molecule has 1 aliphatic rings. The summed E-state index contributed by atoms with van der Waals surface area (Å²) < 4.78 is 32.0. The molecule has 0 bridgehead atoms. The van der Waals surface area contributed by atoms with Crippen molar-refractivity contribution in [2.75, 3.05) is 57.7 Å². The van der Waals surface area contributed by atoms with Crippen LogP contribution in [0.5, 0.6) is 11.5 Å². The first kappa shape index (κ1) is 25.5. The van der Waals surface area contributed by atoms with E-state index in [9.17, 15) is 0 Å². The van der Waals surface area contributed by atoms with Crippen molar-refractivity contribution >= 4 is 17.3 Å². The van der Waals surface area contributed by atoms with Crippen molar-refractivity contribution in [3.63, 3.8) is 0 Å². The third-order valence-corrected chi connectivity index (χ3v) is 6.53. The summed E-state index contributed by atoms with van der Waals surface area (Å²) in [5.74, 6) is 2.38. The van der Waals surface area contributed by atoms with Crippen molar-refractivity contribution < 1.29 is 18.3 Å². The number of likely N-dealkylation sites (N-methyl/N-ethyl adjacent to an activating group) is 1. The third-order valence-electron chi connectivity index (χ3n) is 6.53. The van der Waals surface area contributed by atoms with Gasteiger partial charge in [-0.25, -0.2) is 19.3 Å². The highest BCUT2D eigenvalue weighted by molar-refractivity contribution is 5.77. The SMILES string of the molecule is CCc1nc(-c2cc(OC)cc(OC)c2)c(-c2ccnc(Nc3ccc(N4CCN(C)CC4)c(F)c3)n2)o1. The molecule has 9 nitrogen and oxygen atoms in total. The Hall–Kier alpha value is -4.18. The summed E-state index contributed by atoms with van der Waals surface area (Å²) in [6.07, 6.45) is 2.24. The van der Waals surface area contributed by atoms with Crippen molar-refractivity contribution in [3.05, 3.63) is 60.4 Å². The largest absolute Gasteiger partial charge is 0.497 e. The number of aromatic nitrogens is 3. The Kier molecular flexibility index (Phi) is 7.41. The van der Waals surface area contributed by atoms with E-state index in [-0.39, 0.29) is 5.82 Å². The number of rotatable bonds is 8. The molecule has 5 rings (SSSR count). The number of benzene rings is 2. The Morgan fingerprint density at radius 3 is 2.37 bits per heavy atom. The van der Waals surface area contributed by atoms with Crippen LogP contribution in [0.25, 0.3) is 22.7 Å². The van der Waals surface area contributed by atoms with E-state index < -0.39 is 0 Å². The van der Waals surface area contributed by atoms with Crippen LogP contribution in [0.4, 0.5) is 21.7 Å². The van der Waals surface area contributed by atoms with Crippen LogP contribution in [-0.4, -0.2) is 67.3 Å². The monoisotopic (exact) mass is 518 g/mol. The summed E-state index contributed by atoms with van der Waals surface area (Å²) in [5.41, 5.74) is 3.09. The lowest BCUT2D eigenvalue weighted by Gasteiger charge is -2.34. The van der Waals surface area contributed by atoms with Crippen LogP contribution >= 0.6 is 0 Å². The maximum Gasteiger partial charge on any atom is 0.227 e. The topological polar surface area (TPSA) is 88.8 Å². The van der Waals surface area contributed by atoms with Crippen molar-refractivity contribution in [3.8, 4) is 34.2 Å². The van der Waals surface area contributed by atoms with Crippen molar-refractivity contribution in [2.24, 2.45) is 0 Å². The zero-order valence-electron chi connectivity index (χ0n) is 22.0. The molecule has 0 unspecified atom stereocenters. The molecule has 2 aromatic heterocycles. The number of anilines is 3. The number of nitrogens with zero attached hydrogens (tertiary/aromatic N) is 5.